The van der Waals surface area contributed by atoms with Crippen LogP contribution in [0.5, 0.6) is 0 Å². The van der Waals surface area contributed by atoms with Crippen LogP contribution < -0.4 is 11.3 Å². The lowest BCUT2D eigenvalue weighted by molar-refractivity contribution is 0.454. The molecule has 0 aliphatic carbocycles. The second kappa shape index (κ2) is 7.14. The quantitative estimate of drug-likeness (QED) is 0.613. The van der Waals surface area contributed by atoms with Crippen LogP contribution in [-0.2, 0) is 0 Å². The van der Waals surface area contributed by atoms with Gasteiger partial charge in [-0.15, -0.1) is 0 Å². The Kier molecular flexibility index (Phi) is 6.17. The van der Waals surface area contributed by atoms with Gasteiger partial charge in [0.25, 0.3) is 0 Å². The smallest absolute Gasteiger partial charge is 0.0471 e. The first-order chi connectivity index (χ1) is 8.04. The molecular weight excluding hydrogens is 276 g/mol. The van der Waals surface area contributed by atoms with Crippen molar-refractivity contribution in [3.05, 3.63) is 33.8 Å². The van der Waals surface area contributed by atoms with E-state index in [1.165, 1.54) is 24.0 Å². The van der Waals surface area contributed by atoms with E-state index in [1.54, 1.807) is 0 Å². The molecule has 1 rings (SSSR count). The third-order valence-electron chi connectivity index (χ3n) is 3.00. The number of aryl methyl sites for hydroxylation is 1. The number of hydrogen-bond acceptors (Lipinski definition) is 2. The van der Waals surface area contributed by atoms with Gasteiger partial charge < -0.3 is 0 Å². The predicted molar refractivity (Wildman–Crippen MR) is 77.6 cm³/mol. The van der Waals surface area contributed by atoms with Gasteiger partial charge in [-0.2, -0.15) is 0 Å². The molecule has 0 saturated carbocycles. The lowest BCUT2D eigenvalue weighted by atomic mass is 9.97. The number of halogens is 1. The highest BCUT2D eigenvalue weighted by molar-refractivity contribution is 9.10. The van der Waals surface area contributed by atoms with Crippen LogP contribution in [0, 0.1) is 12.8 Å². The minimum atomic E-state index is 0.239. The average molecular weight is 299 g/mol. The summed E-state index contributed by atoms with van der Waals surface area (Å²) < 4.78 is 1.13. The van der Waals surface area contributed by atoms with Crippen LogP contribution in [0.3, 0.4) is 0 Å². The predicted octanol–water partition coefficient (Wildman–Crippen LogP) is 4.09. The molecule has 0 saturated heterocycles. The Labute approximate surface area is 113 Å². The molecule has 0 fully saturated rings. The summed E-state index contributed by atoms with van der Waals surface area (Å²) in [6, 6.07) is 6.64. The standard InChI is InChI=1S/C14H23BrN2/c1-10(2)5-4-6-14(17-16)12-9-11(3)7-8-13(12)15/h7-10,14,17H,4-6,16H2,1-3H3. The van der Waals surface area contributed by atoms with E-state index in [9.17, 15) is 0 Å². The Morgan fingerprint density at radius 3 is 2.59 bits per heavy atom. The molecule has 17 heavy (non-hydrogen) atoms. The fourth-order valence-electron chi connectivity index (χ4n) is 1.99. The first-order valence-corrected chi connectivity index (χ1v) is 7.06. The van der Waals surface area contributed by atoms with E-state index in [1.807, 2.05) is 0 Å². The van der Waals surface area contributed by atoms with Crippen LogP contribution in [0.2, 0.25) is 0 Å². The summed E-state index contributed by atoms with van der Waals surface area (Å²) in [5.74, 6) is 6.43. The molecule has 1 atom stereocenters. The number of nitrogens with two attached hydrogens (primary N) is 1. The third-order valence-corrected chi connectivity index (χ3v) is 3.72. The van der Waals surface area contributed by atoms with Gasteiger partial charge in [0.15, 0.2) is 0 Å². The molecule has 0 aliphatic rings. The molecule has 1 aromatic carbocycles. The van der Waals surface area contributed by atoms with Crippen LogP contribution in [0.4, 0.5) is 0 Å². The second-order valence-corrected chi connectivity index (χ2v) is 5.92. The molecule has 0 heterocycles. The molecule has 3 heteroatoms. The van der Waals surface area contributed by atoms with Gasteiger partial charge in [-0.05, 0) is 30.9 Å². The second-order valence-electron chi connectivity index (χ2n) is 5.07. The molecule has 0 aliphatic heterocycles. The molecular formula is C14H23BrN2. The number of benzene rings is 1. The minimum Gasteiger partial charge on any atom is -0.271 e. The fraction of sp³-hybridized carbons (Fsp3) is 0.571. The zero-order valence-electron chi connectivity index (χ0n) is 11.0. The molecule has 96 valence electrons. The summed E-state index contributed by atoms with van der Waals surface area (Å²) in [4.78, 5) is 0. The molecule has 0 bridgehead atoms. The summed E-state index contributed by atoms with van der Waals surface area (Å²) in [6.07, 6.45) is 3.53. The largest absolute Gasteiger partial charge is 0.271 e. The van der Waals surface area contributed by atoms with Crippen molar-refractivity contribution >= 4 is 15.9 Å². The highest BCUT2D eigenvalue weighted by Gasteiger charge is 2.13. The molecule has 0 spiro atoms. The first-order valence-electron chi connectivity index (χ1n) is 6.26. The van der Waals surface area contributed by atoms with E-state index in [-0.39, 0.29) is 6.04 Å². The van der Waals surface area contributed by atoms with E-state index >= 15 is 0 Å². The number of hydrogen-bond donors (Lipinski definition) is 2. The maximum Gasteiger partial charge on any atom is 0.0471 e. The normalized spacial score (nSPS) is 13.1. The van der Waals surface area contributed by atoms with Crippen LogP contribution in [-0.4, -0.2) is 0 Å². The maximum atomic E-state index is 5.67. The lowest BCUT2D eigenvalue weighted by Crippen LogP contribution is -2.28. The van der Waals surface area contributed by atoms with Crippen LogP contribution >= 0.6 is 15.9 Å². The third kappa shape index (κ3) is 4.78. The molecule has 3 N–H and O–H groups in total. The van der Waals surface area contributed by atoms with Gasteiger partial charge >= 0.3 is 0 Å². The highest BCUT2D eigenvalue weighted by atomic mass is 79.9. The summed E-state index contributed by atoms with van der Waals surface area (Å²) in [6.45, 7) is 6.62. The van der Waals surface area contributed by atoms with Crippen molar-refractivity contribution in [2.24, 2.45) is 11.8 Å². The van der Waals surface area contributed by atoms with E-state index in [0.717, 1.165) is 16.8 Å². The van der Waals surface area contributed by atoms with Gasteiger partial charge in [0, 0.05) is 10.5 Å². The lowest BCUT2D eigenvalue weighted by Gasteiger charge is -2.19. The van der Waals surface area contributed by atoms with Crippen molar-refractivity contribution in [3.63, 3.8) is 0 Å². The van der Waals surface area contributed by atoms with Gasteiger partial charge in [0.1, 0.15) is 0 Å². The van der Waals surface area contributed by atoms with Gasteiger partial charge in [-0.1, -0.05) is 60.3 Å². The number of nitrogens with one attached hydrogen (secondary N) is 1. The zero-order valence-corrected chi connectivity index (χ0v) is 12.5. The van der Waals surface area contributed by atoms with Crippen molar-refractivity contribution in [1.29, 1.82) is 0 Å². The zero-order chi connectivity index (χ0) is 12.8. The summed E-state index contributed by atoms with van der Waals surface area (Å²) in [7, 11) is 0. The molecule has 2 nitrogen and oxygen atoms in total. The highest BCUT2D eigenvalue weighted by Crippen LogP contribution is 2.28. The summed E-state index contributed by atoms with van der Waals surface area (Å²) in [5, 5.41) is 0. The van der Waals surface area contributed by atoms with Crippen molar-refractivity contribution < 1.29 is 0 Å². The van der Waals surface area contributed by atoms with Crippen molar-refractivity contribution in [2.75, 3.05) is 0 Å². The molecule has 0 radical (unpaired) electrons. The Bertz CT molecular complexity index is 350. The first kappa shape index (κ1) is 14.7. The molecule has 0 amide bonds. The van der Waals surface area contributed by atoms with Crippen LogP contribution in [0.1, 0.15) is 50.3 Å². The monoisotopic (exact) mass is 298 g/mol. The number of hydrazine groups is 1. The Morgan fingerprint density at radius 1 is 1.29 bits per heavy atom. The fourth-order valence-corrected chi connectivity index (χ4v) is 2.51. The molecule has 0 aromatic heterocycles. The Hall–Kier alpha value is -0.380. The Balaban J connectivity index is 2.68. The van der Waals surface area contributed by atoms with Crippen molar-refractivity contribution in [2.45, 2.75) is 46.1 Å². The van der Waals surface area contributed by atoms with Crippen molar-refractivity contribution in [1.82, 2.24) is 5.43 Å². The van der Waals surface area contributed by atoms with Crippen molar-refractivity contribution in [3.8, 4) is 0 Å². The van der Waals surface area contributed by atoms with Gasteiger partial charge in [-0.25, -0.2) is 0 Å². The van der Waals surface area contributed by atoms with E-state index < -0.39 is 0 Å². The van der Waals surface area contributed by atoms with E-state index in [4.69, 9.17) is 5.84 Å². The summed E-state index contributed by atoms with van der Waals surface area (Å²) >= 11 is 3.60. The maximum absolute atomic E-state index is 5.67. The molecule has 1 unspecified atom stereocenters. The van der Waals surface area contributed by atoms with E-state index in [2.05, 4.69) is 60.3 Å². The van der Waals surface area contributed by atoms with Crippen LogP contribution in [0.15, 0.2) is 22.7 Å². The topological polar surface area (TPSA) is 38.0 Å². The SMILES string of the molecule is Cc1ccc(Br)c(C(CCCC(C)C)NN)c1. The minimum absolute atomic E-state index is 0.239. The number of rotatable bonds is 6. The Morgan fingerprint density at radius 2 is 2.00 bits per heavy atom. The summed E-state index contributed by atoms with van der Waals surface area (Å²) in [5.41, 5.74) is 5.46. The van der Waals surface area contributed by atoms with Crippen LogP contribution in [0.25, 0.3) is 0 Å². The van der Waals surface area contributed by atoms with Gasteiger partial charge in [0.2, 0.25) is 0 Å². The average Bonchev–Trinajstić information content (AvgIpc) is 2.28. The van der Waals surface area contributed by atoms with Gasteiger partial charge in [0.05, 0.1) is 0 Å². The molecule has 1 aromatic rings. The van der Waals surface area contributed by atoms with E-state index in [0.29, 0.717) is 0 Å². The van der Waals surface area contributed by atoms with Gasteiger partial charge in [-0.3, -0.25) is 11.3 Å².